The molecule has 0 amide bonds. The van der Waals surface area contributed by atoms with Crippen LogP contribution in [0.2, 0.25) is 0 Å². The molecule has 2 rings (SSSR count). The molecular weight excluding hydrogens is 208 g/mol. The molecule has 2 aromatic rings. The fourth-order valence-corrected chi connectivity index (χ4v) is 1.40. The van der Waals surface area contributed by atoms with Crippen LogP contribution < -0.4 is 5.56 Å². The van der Waals surface area contributed by atoms with Crippen molar-refractivity contribution in [1.29, 1.82) is 0 Å². The first-order valence-electron chi connectivity index (χ1n) is 4.56. The normalized spacial score (nSPS) is 10.0. The van der Waals surface area contributed by atoms with Gasteiger partial charge in [0, 0.05) is 24.0 Å². The Bertz CT molecular complexity index is 590. The van der Waals surface area contributed by atoms with Crippen LogP contribution >= 0.6 is 0 Å². The maximum Gasteiger partial charge on any atom is 0.337 e. The third-order valence-electron chi connectivity index (χ3n) is 2.09. The summed E-state index contributed by atoms with van der Waals surface area (Å²) in [7, 11) is 0. The smallest absolute Gasteiger partial charge is 0.337 e. The summed E-state index contributed by atoms with van der Waals surface area (Å²) in [5, 5.41) is 8.97. The minimum absolute atomic E-state index is 0.0769. The van der Waals surface area contributed by atoms with Gasteiger partial charge in [-0.2, -0.15) is 0 Å². The van der Waals surface area contributed by atoms with Gasteiger partial charge in [-0.25, -0.2) is 4.79 Å². The number of rotatable bonds is 2. The van der Waals surface area contributed by atoms with Crippen LogP contribution in [0.4, 0.5) is 0 Å². The Morgan fingerprint density at radius 2 is 2.19 bits per heavy atom. The van der Waals surface area contributed by atoms with E-state index in [4.69, 9.17) is 5.11 Å². The predicted octanol–water partition coefficient (Wildman–Crippen LogP) is 1.14. The number of pyridine rings is 2. The Morgan fingerprint density at radius 3 is 2.88 bits per heavy atom. The molecule has 0 radical (unpaired) electrons. The number of carboxylic acid groups (broad SMARTS) is 1. The van der Waals surface area contributed by atoms with Gasteiger partial charge in [-0.15, -0.1) is 0 Å². The second kappa shape index (κ2) is 3.98. The lowest BCUT2D eigenvalue weighted by atomic mass is 10.1. The van der Waals surface area contributed by atoms with Gasteiger partial charge in [-0.05, 0) is 18.2 Å². The minimum Gasteiger partial charge on any atom is -0.478 e. The van der Waals surface area contributed by atoms with E-state index in [1.807, 2.05) is 0 Å². The van der Waals surface area contributed by atoms with E-state index in [1.54, 1.807) is 12.1 Å². The molecule has 0 aliphatic rings. The molecule has 0 atom stereocenters. The van der Waals surface area contributed by atoms with Crippen molar-refractivity contribution in [1.82, 2.24) is 9.97 Å². The summed E-state index contributed by atoms with van der Waals surface area (Å²) in [6, 6.07) is 5.91. The van der Waals surface area contributed by atoms with Gasteiger partial charge in [-0.3, -0.25) is 9.78 Å². The Labute approximate surface area is 90.4 Å². The number of H-pyrrole nitrogens is 1. The maximum atomic E-state index is 11.1. The second-order valence-electron chi connectivity index (χ2n) is 3.15. The lowest BCUT2D eigenvalue weighted by Crippen LogP contribution is -2.05. The van der Waals surface area contributed by atoms with Crippen LogP contribution in [0.3, 0.4) is 0 Å². The third-order valence-corrected chi connectivity index (χ3v) is 2.09. The third kappa shape index (κ3) is 1.83. The fourth-order valence-electron chi connectivity index (χ4n) is 1.40. The number of aromatic carboxylic acids is 1. The molecular formula is C11H8N2O3. The lowest BCUT2D eigenvalue weighted by Gasteiger charge is -2.03. The Morgan fingerprint density at radius 1 is 1.38 bits per heavy atom. The van der Waals surface area contributed by atoms with Gasteiger partial charge in [0.25, 0.3) is 0 Å². The molecule has 0 bridgehead atoms. The molecule has 5 nitrogen and oxygen atoms in total. The van der Waals surface area contributed by atoms with E-state index in [9.17, 15) is 9.59 Å². The summed E-state index contributed by atoms with van der Waals surface area (Å²) < 4.78 is 0. The van der Waals surface area contributed by atoms with E-state index in [2.05, 4.69) is 9.97 Å². The van der Waals surface area contributed by atoms with Crippen molar-refractivity contribution in [3.05, 3.63) is 52.6 Å². The number of hydrogen-bond donors (Lipinski definition) is 2. The summed E-state index contributed by atoms with van der Waals surface area (Å²) in [4.78, 5) is 28.5. The highest BCUT2D eigenvalue weighted by Gasteiger charge is 2.12. The zero-order valence-electron chi connectivity index (χ0n) is 8.18. The average Bonchev–Trinajstić information content (AvgIpc) is 2.29. The van der Waals surface area contributed by atoms with E-state index >= 15 is 0 Å². The SMILES string of the molecule is O=C(O)c1cccnc1-c1cc[nH]c(=O)c1. The highest BCUT2D eigenvalue weighted by atomic mass is 16.4. The first-order valence-corrected chi connectivity index (χ1v) is 4.56. The average molecular weight is 216 g/mol. The number of aromatic amines is 1. The molecule has 16 heavy (non-hydrogen) atoms. The van der Waals surface area contributed by atoms with Crippen molar-refractivity contribution in [3.8, 4) is 11.3 Å². The van der Waals surface area contributed by atoms with Crippen LogP contribution in [0.25, 0.3) is 11.3 Å². The van der Waals surface area contributed by atoms with Crippen molar-refractivity contribution in [2.24, 2.45) is 0 Å². The topological polar surface area (TPSA) is 83.0 Å². The number of nitrogens with one attached hydrogen (secondary N) is 1. The highest BCUT2D eigenvalue weighted by molar-refractivity contribution is 5.94. The van der Waals surface area contributed by atoms with Crippen molar-refractivity contribution >= 4 is 5.97 Å². The number of hydrogen-bond acceptors (Lipinski definition) is 3. The van der Waals surface area contributed by atoms with Crippen LogP contribution in [-0.4, -0.2) is 21.0 Å². The van der Waals surface area contributed by atoms with Gasteiger partial charge in [0.05, 0.1) is 11.3 Å². The molecule has 0 aliphatic carbocycles. The van der Waals surface area contributed by atoms with Crippen LogP contribution in [0.15, 0.2) is 41.5 Å². The van der Waals surface area contributed by atoms with Crippen LogP contribution in [0.1, 0.15) is 10.4 Å². The fraction of sp³-hybridized carbons (Fsp3) is 0. The van der Waals surface area contributed by atoms with Crippen molar-refractivity contribution in [2.75, 3.05) is 0 Å². The van der Waals surface area contributed by atoms with E-state index in [0.29, 0.717) is 11.3 Å². The van der Waals surface area contributed by atoms with Gasteiger partial charge >= 0.3 is 5.97 Å². The summed E-state index contributed by atoms with van der Waals surface area (Å²) in [5.74, 6) is -1.07. The molecule has 0 aliphatic heterocycles. The van der Waals surface area contributed by atoms with E-state index in [1.165, 1.54) is 24.5 Å². The largest absolute Gasteiger partial charge is 0.478 e. The quantitative estimate of drug-likeness (QED) is 0.788. The van der Waals surface area contributed by atoms with Crippen LogP contribution in [0, 0.1) is 0 Å². The first-order chi connectivity index (χ1) is 7.68. The van der Waals surface area contributed by atoms with Gasteiger partial charge < -0.3 is 10.1 Å². The maximum absolute atomic E-state index is 11.1. The molecule has 0 aromatic carbocycles. The summed E-state index contributed by atoms with van der Waals surface area (Å²) in [5.41, 5.74) is 0.565. The Kier molecular flexibility index (Phi) is 2.51. The van der Waals surface area contributed by atoms with Gasteiger partial charge in [-0.1, -0.05) is 0 Å². The number of carbonyl (C=O) groups is 1. The summed E-state index contributed by atoms with van der Waals surface area (Å²) in [6.07, 6.45) is 2.95. The van der Waals surface area contributed by atoms with E-state index in [-0.39, 0.29) is 11.1 Å². The molecule has 2 N–H and O–H groups in total. The van der Waals surface area contributed by atoms with Gasteiger partial charge in [0.2, 0.25) is 5.56 Å². The van der Waals surface area contributed by atoms with E-state index < -0.39 is 5.97 Å². The molecule has 80 valence electrons. The summed E-state index contributed by atoms with van der Waals surface area (Å²) >= 11 is 0. The molecule has 0 fully saturated rings. The number of nitrogens with zero attached hydrogens (tertiary/aromatic N) is 1. The Balaban J connectivity index is 2.64. The van der Waals surface area contributed by atoms with E-state index in [0.717, 1.165) is 0 Å². The monoisotopic (exact) mass is 216 g/mol. The number of carboxylic acids is 1. The second-order valence-corrected chi connectivity index (χ2v) is 3.15. The zero-order chi connectivity index (χ0) is 11.5. The van der Waals surface area contributed by atoms with Crippen molar-refractivity contribution < 1.29 is 9.90 Å². The molecule has 5 heteroatoms. The predicted molar refractivity (Wildman–Crippen MR) is 57.3 cm³/mol. The highest BCUT2D eigenvalue weighted by Crippen LogP contribution is 2.18. The summed E-state index contributed by atoms with van der Waals surface area (Å²) in [6.45, 7) is 0. The minimum atomic E-state index is -1.07. The standard InChI is InChI=1S/C11H8N2O3/c14-9-6-7(3-5-12-9)10-8(11(15)16)2-1-4-13-10/h1-6H,(H,12,14)(H,15,16). The van der Waals surface area contributed by atoms with Crippen molar-refractivity contribution in [2.45, 2.75) is 0 Å². The lowest BCUT2D eigenvalue weighted by molar-refractivity contribution is 0.0697. The molecule has 0 saturated carbocycles. The number of aromatic nitrogens is 2. The Hall–Kier alpha value is -2.43. The van der Waals surface area contributed by atoms with Crippen LogP contribution in [0.5, 0.6) is 0 Å². The van der Waals surface area contributed by atoms with Gasteiger partial charge in [0.15, 0.2) is 0 Å². The first kappa shape index (κ1) is 10.1. The molecule has 2 aromatic heterocycles. The van der Waals surface area contributed by atoms with Crippen LogP contribution in [-0.2, 0) is 0 Å². The van der Waals surface area contributed by atoms with Gasteiger partial charge in [0.1, 0.15) is 0 Å². The molecule has 0 spiro atoms. The van der Waals surface area contributed by atoms with Crippen molar-refractivity contribution in [3.63, 3.8) is 0 Å². The molecule has 2 heterocycles. The molecule has 0 unspecified atom stereocenters. The molecule has 0 saturated heterocycles. The zero-order valence-corrected chi connectivity index (χ0v) is 8.18.